The molecule has 1 saturated heterocycles. The molecule has 0 aromatic heterocycles. The summed E-state index contributed by atoms with van der Waals surface area (Å²) in [4.78, 5) is 0. The fourth-order valence-electron chi connectivity index (χ4n) is 2.96. The summed E-state index contributed by atoms with van der Waals surface area (Å²) >= 11 is 0. The highest BCUT2D eigenvalue weighted by atomic mass is 16.3. The van der Waals surface area contributed by atoms with Gasteiger partial charge in [-0.1, -0.05) is 19.3 Å². The molecule has 12 heavy (non-hydrogen) atoms. The van der Waals surface area contributed by atoms with E-state index in [-0.39, 0.29) is 0 Å². The minimum Gasteiger partial charge on any atom is -0.396 e. The zero-order chi connectivity index (χ0) is 8.44. The summed E-state index contributed by atoms with van der Waals surface area (Å²) in [5, 5.41) is 12.7. The molecule has 0 amide bonds. The maximum absolute atomic E-state index is 9.24. The second-order valence-corrected chi connectivity index (χ2v) is 4.43. The molecule has 2 nitrogen and oxygen atoms in total. The second kappa shape index (κ2) is 3.35. The van der Waals surface area contributed by atoms with E-state index in [4.69, 9.17) is 0 Å². The fourth-order valence-corrected chi connectivity index (χ4v) is 2.96. The van der Waals surface area contributed by atoms with Gasteiger partial charge >= 0.3 is 0 Å². The third-order valence-electron chi connectivity index (χ3n) is 3.80. The first kappa shape index (κ1) is 8.52. The van der Waals surface area contributed by atoms with Crippen molar-refractivity contribution in [1.82, 2.24) is 5.32 Å². The van der Waals surface area contributed by atoms with Crippen molar-refractivity contribution in [2.75, 3.05) is 19.7 Å². The van der Waals surface area contributed by atoms with Crippen molar-refractivity contribution in [1.29, 1.82) is 0 Å². The first-order valence-electron chi connectivity index (χ1n) is 5.19. The summed E-state index contributed by atoms with van der Waals surface area (Å²) in [6.07, 6.45) is 6.83. The molecular formula is C10H19NO. The van der Waals surface area contributed by atoms with Gasteiger partial charge in [-0.15, -0.1) is 0 Å². The number of nitrogens with one attached hydrogen (secondary N) is 1. The predicted molar refractivity (Wildman–Crippen MR) is 49.0 cm³/mol. The van der Waals surface area contributed by atoms with Crippen molar-refractivity contribution < 1.29 is 5.11 Å². The monoisotopic (exact) mass is 169 g/mol. The zero-order valence-electron chi connectivity index (χ0n) is 7.68. The lowest BCUT2D eigenvalue weighted by molar-refractivity contribution is 0.0931. The lowest BCUT2D eigenvalue weighted by atomic mass is 9.68. The highest BCUT2D eigenvalue weighted by molar-refractivity contribution is 4.96. The lowest BCUT2D eigenvalue weighted by Gasteiger charge is -2.37. The maximum Gasteiger partial charge on any atom is 0.0477 e. The van der Waals surface area contributed by atoms with Gasteiger partial charge < -0.3 is 10.4 Å². The van der Waals surface area contributed by atoms with Crippen LogP contribution < -0.4 is 5.32 Å². The van der Waals surface area contributed by atoms with Crippen LogP contribution in [0.1, 0.15) is 32.1 Å². The molecule has 2 rings (SSSR count). The average Bonchev–Trinajstić information content (AvgIpc) is 2.49. The summed E-state index contributed by atoms with van der Waals surface area (Å²) in [6, 6.07) is 0. The van der Waals surface area contributed by atoms with Crippen LogP contribution in [0, 0.1) is 11.3 Å². The molecule has 1 aliphatic heterocycles. The zero-order valence-corrected chi connectivity index (χ0v) is 7.68. The Bertz CT molecular complexity index is 152. The van der Waals surface area contributed by atoms with Crippen molar-refractivity contribution in [3.05, 3.63) is 0 Å². The topological polar surface area (TPSA) is 32.3 Å². The number of hydrogen-bond acceptors (Lipinski definition) is 2. The first-order valence-corrected chi connectivity index (χ1v) is 5.19. The number of rotatable bonds is 1. The van der Waals surface area contributed by atoms with Crippen LogP contribution in [0.25, 0.3) is 0 Å². The van der Waals surface area contributed by atoms with Crippen LogP contribution in [0.5, 0.6) is 0 Å². The molecular weight excluding hydrogens is 150 g/mol. The van der Waals surface area contributed by atoms with Crippen molar-refractivity contribution in [2.24, 2.45) is 11.3 Å². The van der Waals surface area contributed by atoms with Crippen LogP contribution in [0.3, 0.4) is 0 Å². The summed E-state index contributed by atoms with van der Waals surface area (Å²) in [6.45, 7) is 2.57. The third-order valence-corrected chi connectivity index (χ3v) is 3.80. The minimum atomic E-state index is 0.382. The Hall–Kier alpha value is -0.0800. The van der Waals surface area contributed by atoms with E-state index in [1.54, 1.807) is 0 Å². The molecule has 0 aromatic rings. The summed E-state index contributed by atoms with van der Waals surface area (Å²) in [7, 11) is 0. The van der Waals surface area contributed by atoms with E-state index in [1.165, 1.54) is 32.1 Å². The first-order chi connectivity index (χ1) is 5.87. The molecule has 1 heterocycles. The number of aliphatic hydroxyl groups excluding tert-OH is 1. The molecule has 2 fully saturated rings. The molecule has 0 radical (unpaired) electrons. The van der Waals surface area contributed by atoms with Crippen LogP contribution in [-0.4, -0.2) is 24.8 Å². The van der Waals surface area contributed by atoms with Crippen LogP contribution in [0.2, 0.25) is 0 Å². The lowest BCUT2D eigenvalue weighted by Crippen LogP contribution is -2.34. The van der Waals surface area contributed by atoms with Gasteiger partial charge in [-0.2, -0.15) is 0 Å². The molecule has 2 heteroatoms. The normalized spacial score (nSPS) is 34.2. The third kappa shape index (κ3) is 1.27. The smallest absolute Gasteiger partial charge is 0.0477 e. The Kier molecular flexibility index (Phi) is 2.37. The Morgan fingerprint density at radius 2 is 2.00 bits per heavy atom. The average molecular weight is 169 g/mol. The molecule has 0 bridgehead atoms. The van der Waals surface area contributed by atoms with Crippen LogP contribution in [0.4, 0.5) is 0 Å². The fraction of sp³-hybridized carbons (Fsp3) is 1.00. The van der Waals surface area contributed by atoms with Crippen LogP contribution in [0.15, 0.2) is 0 Å². The van der Waals surface area contributed by atoms with E-state index < -0.39 is 0 Å². The van der Waals surface area contributed by atoms with Gasteiger partial charge in [0.05, 0.1) is 0 Å². The van der Waals surface area contributed by atoms with E-state index in [0.717, 1.165) is 13.1 Å². The number of aliphatic hydroxyl groups is 1. The maximum atomic E-state index is 9.24. The highest BCUT2D eigenvalue weighted by Gasteiger charge is 2.42. The van der Waals surface area contributed by atoms with Crippen molar-refractivity contribution in [3.8, 4) is 0 Å². The molecule has 1 saturated carbocycles. The van der Waals surface area contributed by atoms with Gasteiger partial charge in [0.15, 0.2) is 0 Å². The van der Waals surface area contributed by atoms with E-state index in [9.17, 15) is 5.11 Å². The van der Waals surface area contributed by atoms with Crippen molar-refractivity contribution in [3.63, 3.8) is 0 Å². The van der Waals surface area contributed by atoms with Gasteiger partial charge in [0.1, 0.15) is 0 Å². The van der Waals surface area contributed by atoms with E-state index in [0.29, 0.717) is 17.9 Å². The van der Waals surface area contributed by atoms with E-state index >= 15 is 0 Å². The molecule has 0 unspecified atom stereocenters. The Balaban J connectivity index is 2.05. The number of hydrogen-bond donors (Lipinski definition) is 2. The molecule has 2 N–H and O–H groups in total. The summed E-state index contributed by atoms with van der Waals surface area (Å²) in [5.41, 5.74) is 0.479. The summed E-state index contributed by atoms with van der Waals surface area (Å²) in [5.74, 6) is 0.540. The molecule has 1 spiro atoms. The Morgan fingerprint density at radius 1 is 1.25 bits per heavy atom. The largest absolute Gasteiger partial charge is 0.396 e. The standard InChI is InChI=1S/C10H19NO/c12-7-9-6-11-8-10(9)4-2-1-3-5-10/h9,11-12H,1-8H2/t9-/m1/s1. The van der Waals surface area contributed by atoms with E-state index in [1.807, 2.05) is 0 Å². The van der Waals surface area contributed by atoms with E-state index in [2.05, 4.69) is 5.32 Å². The van der Waals surface area contributed by atoms with Gasteiger partial charge in [-0.05, 0) is 18.3 Å². The Labute approximate surface area is 74.4 Å². The minimum absolute atomic E-state index is 0.382. The van der Waals surface area contributed by atoms with Crippen LogP contribution in [-0.2, 0) is 0 Å². The molecule has 0 aromatic carbocycles. The predicted octanol–water partition coefficient (Wildman–Crippen LogP) is 1.15. The van der Waals surface area contributed by atoms with Crippen LogP contribution >= 0.6 is 0 Å². The van der Waals surface area contributed by atoms with Gasteiger partial charge in [-0.25, -0.2) is 0 Å². The van der Waals surface area contributed by atoms with Crippen molar-refractivity contribution in [2.45, 2.75) is 32.1 Å². The van der Waals surface area contributed by atoms with Crippen molar-refractivity contribution >= 4 is 0 Å². The van der Waals surface area contributed by atoms with Gasteiger partial charge in [0, 0.05) is 25.6 Å². The SMILES string of the molecule is OC[C@H]1CNCC12CCCCC2. The highest BCUT2D eigenvalue weighted by Crippen LogP contribution is 2.44. The molecule has 1 aliphatic carbocycles. The van der Waals surface area contributed by atoms with Gasteiger partial charge in [0.25, 0.3) is 0 Å². The van der Waals surface area contributed by atoms with Gasteiger partial charge in [0.2, 0.25) is 0 Å². The molecule has 2 aliphatic rings. The van der Waals surface area contributed by atoms with Gasteiger partial charge in [-0.3, -0.25) is 0 Å². The molecule has 70 valence electrons. The summed E-state index contributed by atoms with van der Waals surface area (Å²) < 4.78 is 0. The Morgan fingerprint density at radius 3 is 2.67 bits per heavy atom. The molecule has 1 atom stereocenters. The second-order valence-electron chi connectivity index (χ2n) is 4.43. The quantitative estimate of drug-likeness (QED) is 0.617.